The van der Waals surface area contributed by atoms with E-state index in [9.17, 15) is 14.5 Å². The molecular weight excluding hydrogens is 361 g/mol. The van der Waals surface area contributed by atoms with E-state index >= 15 is 0 Å². The summed E-state index contributed by atoms with van der Waals surface area (Å²) in [5.74, 6) is 0.0327. The fourth-order valence-corrected chi connectivity index (χ4v) is 3.05. The first-order chi connectivity index (χ1) is 12.2. The van der Waals surface area contributed by atoms with E-state index in [0.717, 1.165) is 5.52 Å². The van der Waals surface area contributed by atoms with Gasteiger partial charge in [0.15, 0.2) is 23.0 Å². The van der Waals surface area contributed by atoms with Crippen LogP contribution in [-0.2, 0) is 12.1 Å². The molecule has 0 aliphatic heterocycles. The van der Waals surface area contributed by atoms with Gasteiger partial charge in [0.25, 0.3) is 5.69 Å². The second-order valence-electron chi connectivity index (χ2n) is 6.30. The number of rotatable bonds is 5. The van der Waals surface area contributed by atoms with Crippen molar-refractivity contribution in [1.82, 2.24) is 9.55 Å². The number of nitrogens with zero attached hydrogens (tertiary/aromatic N) is 3. The summed E-state index contributed by atoms with van der Waals surface area (Å²) >= 11 is 5.78. The molecule has 0 aliphatic carbocycles. The number of hydrogen-bond acceptors (Lipinski definition) is 4. The smallest absolute Gasteiger partial charge is 0.271 e. The van der Waals surface area contributed by atoms with Gasteiger partial charge in [0.05, 0.1) is 16.0 Å². The molecule has 0 atom stereocenters. The second kappa shape index (κ2) is 6.57. The van der Waals surface area contributed by atoms with Crippen LogP contribution in [0, 0.1) is 15.9 Å². The van der Waals surface area contributed by atoms with Crippen LogP contribution in [0.25, 0.3) is 11.0 Å². The number of aryl methyl sites for hydroxylation is 1. The predicted octanol–water partition coefficient (Wildman–Crippen LogP) is 5.07. The van der Waals surface area contributed by atoms with E-state index in [0.29, 0.717) is 17.9 Å². The number of hydrogen-bond donors (Lipinski definition) is 0. The minimum atomic E-state index is -0.974. The summed E-state index contributed by atoms with van der Waals surface area (Å²) < 4.78 is 21.9. The molecule has 0 N–H and O–H groups in total. The van der Waals surface area contributed by atoms with Gasteiger partial charge in [-0.2, -0.15) is 0 Å². The molecule has 1 heterocycles. The van der Waals surface area contributed by atoms with E-state index in [4.69, 9.17) is 16.3 Å². The lowest BCUT2D eigenvalue weighted by Crippen LogP contribution is -2.30. The van der Waals surface area contributed by atoms with Crippen LogP contribution >= 0.6 is 11.6 Å². The third-order valence-corrected chi connectivity index (χ3v) is 4.29. The Hall–Kier alpha value is -2.67. The number of aromatic nitrogens is 2. The highest BCUT2D eigenvalue weighted by atomic mass is 35.5. The van der Waals surface area contributed by atoms with Gasteiger partial charge in [-0.3, -0.25) is 10.1 Å². The molecule has 136 valence electrons. The second-order valence-corrected chi connectivity index (χ2v) is 6.73. The summed E-state index contributed by atoms with van der Waals surface area (Å²) in [5.41, 5.74) is 0.233. The molecular formula is C18H17ClFN3O3. The highest BCUT2D eigenvalue weighted by Gasteiger charge is 2.31. The number of halogens is 2. The lowest BCUT2D eigenvalue weighted by atomic mass is 10.1. The minimum Gasteiger partial charge on any atom is -0.477 e. The van der Waals surface area contributed by atoms with Crippen molar-refractivity contribution in [2.45, 2.75) is 32.9 Å². The standard InChI is InChI=1S/C18H17ClFN3O3/c1-4-22-15-7-6-12(23(24)25)10-14(15)21-17(22)18(2,3)26-16-8-5-11(19)9-13(16)20/h5-10H,4H2,1-3H3. The molecule has 26 heavy (non-hydrogen) atoms. The van der Waals surface area contributed by atoms with E-state index in [1.54, 1.807) is 26.0 Å². The van der Waals surface area contributed by atoms with Gasteiger partial charge in [0.1, 0.15) is 0 Å². The van der Waals surface area contributed by atoms with Gasteiger partial charge in [-0.15, -0.1) is 0 Å². The van der Waals surface area contributed by atoms with Gasteiger partial charge in [-0.05, 0) is 45.0 Å². The molecule has 2 aromatic carbocycles. The monoisotopic (exact) mass is 377 g/mol. The number of nitro groups is 1. The summed E-state index contributed by atoms with van der Waals surface area (Å²) in [6.45, 7) is 6.05. The summed E-state index contributed by atoms with van der Waals surface area (Å²) in [5, 5.41) is 11.3. The van der Waals surface area contributed by atoms with Crippen molar-refractivity contribution in [1.29, 1.82) is 0 Å². The highest BCUT2D eigenvalue weighted by molar-refractivity contribution is 6.30. The van der Waals surface area contributed by atoms with Crippen molar-refractivity contribution in [3.05, 3.63) is 63.2 Å². The molecule has 0 amide bonds. The third-order valence-electron chi connectivity index (χ3n) is 4.06. The number of nitro benzene ring substituents is 1. The SMILES string of the molecule is CCn1c(C(C)(C)Oc2ccc(Cl)cc2F)nc2cc([N+](=O)[O-])ccc21. The van der Waals surface area contributed by atoms with E-state index < -0.39 is 16.3 Å². The Balaban J connectivity index is 2.08. The van der Waals surface area contributed by atoms with Crippen LogP contribution in [0.15, 0.2) is 36.4 Å². The van der Waals surface area contributed by atoms with Crippen LogP contribution in [-0.4, -0.2) is 14.5 Å². The van der Waals surface area contributed by atoms with E-state index in [-0.39, 0.29) is 16.5 Å². The van der Waals surface area contributed by atoms with E-state index in [2.05, 4.69) is 4.98 Å². The first-order valence-corrected chi connectivity index (χ1v) is 8.40. The topological polar surface area (TPSA) is 70.2 Å². The zero-order valence-electron chi connectivity index (χ0n) is 14.5. The molecule has 0 fully saturated rings. The number of ether oxygens (including phenoxy) is 1. The Bertz CT molecular complexity index is 1000. The average molecular weight is 378 g/mol. The molecule has 0 bridgehead atoms. The fourth-order valence-electron chi connectivity index (χ4n) is 2.89. The molecule has 1 aromatic heterocycles. The van der Waals surface area contributed by atoms with Crippen molar-refractivity contribution in [2.24, 2.45) is 0 Å². The summed E-state index contributed by atoms with van der Waals surface area (Å²) in [4.78, 5) is 15.1. The normalized spacial score (nSPS) is 11.7. The van der Waals surface area contributed by atoms with Crippen molar-refractivity contribution < 1.29 is 14.1 Å². The van der Waals surface area contributed by atoms with Crippen molar-refractivity contribution in [2.75, 3.05) is 0 Å². The largest absolute Gasteiger partial charge is 0.477 e. The first-order valence-electron chi connectivity index (χ1n) is 8.02. The van der Waals surface area contributed by atoms with Crippen LogP contribution in [0.4, 0.5) is 10.1 Å². The van der Waals surface area contributed by atoms with Gasteiger partial charge < -0.3 is 9.30 Å². The number of fused-ring (bicyclic) bond motifs is 1. The molecule has 0 saturated carbocycles. The van der Waals surface area contributed by atoms with E-state index in [1.165, 1.54) is 24.3 Å². The van der Waals surface area contributed by atoms with Gasteiger partial charge in [-0.25, -0.2) is 9.37 Å². The van der Waals surface area contributed by atoms with Crippen LogP contribution in [0.1, 0.15) is 26.6 Å². The molecule has 0 saturated heterocycles. The highest BCUT2D eigenvalue weighted by Crippen LogP contribution is 2.33. The minimum absolute atomic E-state index is 0.0349. The molecule has 6 nitrogen and oxygen atoms in total. The van der Waals surface area contributed by atoms with Gasteiger partial charge >= 0.3 is 0 Å². The summed E-state index contributed by atoms with van der Waals surface area (Å²) in [6, 6.07) is 8.70. The third kappa shape index (κ3) is 3.22. The first kappa shape index (κ1) is 18.1. The molecule has 3 aromatic rings. The van der Waals surface area contributed by atoms with Crippen molar-refractivity contribution in [3.63, 3.8) is 0 Å². The van der Waals surface area contributed by atoms with Crippen LogP contribution in [0.5, 0.6) is 5.75 Å². The molecule has 8 heteroatoms. The maximum Gasteiger partial charge on any atom is 0.271 e. The van der Waals surface area contributed by atoms with Gasteiger partial charge in [0.2, 0.25) is 0 Å². The van der Waals surface area contributed by atoms with Crippen LogP contribution < -0.4 is 4.74 Å². The Kier molecular flexibility index (Phi) is 4.58. The molecule has 0 radical (unpaired) electrons. The molecule has 0 unspecified atom stereocenters. The maximum absolute atomic E-state index is 14.1. The fraction of sp³-hybridized carbons (Fsp3) is 0.278. The molecule has 0 spiro atoms. The zero-order valence-corrected chi connectivity index (χ0v) is 15.2. The lowest BCUT2D eigenvalue weighted by molar-refractivity contribution is -0.384. The van der Waals surface area contributed by atoms with Crippen LogP contribution in [0.2, 0.25) is 5.02 Å². The van der Waals surface area contributed by atoms with Gasteiger partial charge in [0, 0.05) is 23.7 Å². The average Bonchev–Trinajstić information content (AvgIpc) is 2.96. The zero-order chi connectivity index (χ0) is 19.1. The number of benzene rings is 2. The van der Waals surface area contributed by atoms with Crippen molar-refractivity contribution >= 4 is 28.3 Å². The molecule has 0 aliphatic rings. The van der Waals surface area contributed by atoms with Gasteiger partial charge in [-0.1, -0.05) is 11.6 Å². The van der Waals surface area contributed by atoms with Crippen molar-refractivity contribution in [3.8, 4) is 5.75 Å². The van der Waals surface area contributed by atoms with Crippen LogP contribution in [0.3, 0.4) is 0 Å². The number of imidazole rings is 1. The maximum atomic E-state index is 14.1. The summed E-state index contributed by atoms with van der Waals surface area (Å²) in [7, 11) is 0. The predicted molar refractivity (Wildman–Crippen MR) is 97.1 cm³/mol. The van der Waals surface area contributed by atoms with E-state index in [1.807, 2.05) is 11.5 Å². The number of non-ortho nitro benzene ring substituents is 1. The Labute approximate surface area is 154 Å². The Morgan fingerprint density at radius 1 is 1.31 bits per heavy atom. The lowest BCUT2D eigenvalue weighted by Gasteiger charge is -2.27. The quantitative estimate of drug-likeness (QED) is 0.459. The summed E-state index contributed by atoms with van der Waals surface area (Å²) in [6.07, 6.45) is 0. The Morgan fingerprint density at radius 2 is 2.04 bits per heavy atom. The Morgan fingerprint density at radius 3 is 2.65 bits per heavy atom. The molecule has 3 rings (SSSR count).